The molecule has 19 heavy (non-hydrogen) atoms. The predicted octanol–water partition coefficient (Wildman–Crippen LogP) is 2.91. The van der Waals surface area contributed by atoms with Crippen LogP contribution in [-0.4, -0.2) is 9.97 Å². The van der Waals surface area contributed by atoms with E-state index in [-0.39, 0.29) is 0 Å². The Hall–Kier alpha value is -1.94. The Morgan fingerprint density at radius 2 is 1.79 bits per heavy atom. The molecule has 0 fully saturated rings. The van der Waals surface area contributed by atoms with Gasteiger partial charge in [0.05, 0.1) is 0 Å². The van der Waals surface area contributed by atoms with Crippen LogP contribution >= 0.6 is 0 Å². The normalized spacial score (nSPS) is 10.5. The van der Waals surface area contributed by atoms with Crippen molar-refractivity contribution >= 4 is 0 Å². The number of ether oxygens (including phenoxy) is 1. The summed E-state index contributed by atoms with van der Waals surface area (Å²) >= 11 is 0. The van der Waals surface area contributed by atoms with Gasteiger partial charge in [-0.15, -0.1) is 0 Å². The van der Waals surface area contributed by atoms with Crippen LogP contribution in [0.25, 0.3) is 0 Å². The molecule has 2 aromatic rings. The molecule has 0 saturated carbocycles. The number of hydrogen-bond donors (Lipinski definition) is 1. The molecule has 0 bridgehead atoms. The Morgan fingerprint density at radius 3 is 2.37 bits per heavy atom. The van der Waals surface area contributed by atoms with Crippen molar-refractivity contribution in [1.82, 2.24) is 9.97 Å². The molecule has 0 saturated heterocycles. The van der Waals surface area contributed by atoms with Gasteiger partial charge in [-0.05, 0) is 37.0 Å². The van der Waals surface area contributed by atoms with Crippen molar-refractivity contribution < 1.29 is 4.74 Å². The average molecular weight is 257 g/mol. The highest BCUT2D eigenvalue weighted by molar-refractivity contribution is 5.45. The fraction of sp³-hybridized carbons (Fsp3) is 0.333. The minimum absolute atomic E-state index is 0.537. The third-order valence-electron chi connectivity index (χ3n) is 3.02. The molecule has 0 unspecified atom stereocenters. The fourth-order valence-corrected chi connectivity index (χ4v) is 2.05. The minimum atomic E-state index is 0.537. The lowest BCUT2D eigenvalue weighted by molar-refractivity contribution is 0.453. The molecule has 100 valence electrons. The van der Waals surface area contributed by atoms with Crippen molar-refractivity contribution in [3.63, 3.8) is 0 Å². The zero-order valence-electron chi connectivity index (χ0n) is 11.6. The maximum absolute atomic E-state index is 5.89. The molecule has 2 N–H and O–H groups in total. The van der Waals surface area contributed by atoms with E-state index in [1.54, 1.807) is 0 Å². The lowest BCUT2D eigenvalue weighted by Gasteiger charge is -2.13. The molecule has 0 aliphatic carbocycles. The standard InChI is InChI=1S/C15H19N3O/c1-4-13-7-14(18-9-17-13)19-15-10(2)5-12(8-16)6-11(15)3/h5-7,9H,4,8,16H2,1-3H3. The second-order valence-electron chi connectivity index (χ2n) is 4.57. The van der Waals surface area contributed by atoms with E-state index in [0.29, 0.717) is 12.4 Å². The van der Waals surface area contributed by atoms with Gasteiger partial charge >= 0.3 is 0 Å². The number of benzene rings is 1. The highest BCUT2D eigenvalue weighted by Gasteiger charge is 2.08. The van der Waals surface area contributed by atoms with Crippen LogP contribution in [0.3, 0.4) is 0 Å². The van der Waals surface area contributed by atoms with E-state index in [2.05, 4.69) is 16.9 Å². The number of nitrogens with zero attached hydrogens (tertiary/aromatic N) is 2. The van der Waals surface area contributed by atoms with Crippen LogP contribution < -0.4 is 10.5 Å². The van der Waals surface area contributed by atoms with Gasteiger partial charge in [0.25, 0.3) is 0 Å². The molecule has 0 spiro atoms. The Morgan fingerprint density at radius 1 is 1.11 bits per heavy atom. The second-order valence-corrected chi connectivity index (χ2v) is 4.57. The van der Waals surface area contributed by atoms with Gasteiger partial charge in [0, 0.05) is 18.3 Å². The zero-order chi connectivity index (χ0) is 13.8. The smallest absolute Gasteiger partial charge is 0.222 e. The molecule has 4 nitrogen and oxygen atoms in total. The molecule has 0 aliphatic heterocycles. The van der Waals surface area contributed by atoms with Gasteiger partial charge < -0.3 is 10.5 Å². The quantitative estimate of drug-likeness (QED) is 0.914. The summed E-state index contributed by atoms with van der Waals surface area (Å²) in [5.74, 6) is 1.43. The summed E-state index contributed by atoms with van der Waals surface area (Å²) in [6.45, 7) is 6.63. The van der Waals surface area contributed by atoms with Gasteiger partial charge in [-0.2, -0.15) is 0 Å². The molecule has 0 aliphatic rings. The SMILES string of the molecule is CCc1cc(Oc2c(C)cc(CN)cc2C)ncn1. The third-order valence-corrected chi connectivity index (χ3v) is 3.02. The van der Waals surface area contributed by atoms with Crippen molar-refractivity contribution in [3.05, 3.63) is 46.9 Å². The van der Waals surface area contributed by atoms with Crippen LogP contribution in [0.15, 0.2) is 24.5 Å². The Labute approximate surface area is 113 Å². The van der Waals surface area contributed by atoms with Crippen LogP contribution in [-0.2, 0) is 13.0 Å². The maximum Gasteiger partial charge on any atom is 0.222 e. The highest BCUT2D eigenvalue weighted by atomic mass is 16.5. The fourth-order valence-electron chi connectivity index (χ4n) is 2.05. The van der Waals surface area contributed by atoms with Crippen molar-refractivity contribution in [2.75, 3.05) is 0 Å². The molecule has 1 aromatic carbocycles. The summed E-state index contributed by atoms with van der Waals surface area (Å²) in [5, 5.41) is 0. The third kappa shape index (κ3) is 3.09. The molecular formula is C15H19N3O. The second kappa shape index (κ2) is 5.80. The first-order chi connectivity index (χ1) is 9.13. The van der Waals surface area contributed by atoms with Crippen LogP contribution in [0.4, 0.5) is 0 Å². The molecule has 0 atom stereocenters. The molecule has 4 heteroatoms. The average Bonchev–Trinajstić information content (AvgIpc) is 2.42. The number of nitrogens with two attached hydrogens (primary N) is 1. The molecule has 0 radical (unpaired) electrons. The Bertz CT molecular complexity index is 558. The van der Waals surface area contributed by atoms with Crippen LogP contribution in [0.1, 0.15) is 29.3 Å². The molecular weight excluding hydrogens is 238 g/mol. The largest absolute Gasteiger partial charge is 0.438 e. The minimum Gasteiger partial charge on any atom is -0.438 e. The first-order valence-corrected chi connectivity index (χ1v) is 6.43. The van der Waals surface area contributed by atoms with Gasteiger partial charge in [0.2, 0.25) is 5.88 Å². The van der Waals surface area contributed by atoms with Gasteiger partial charge in [-0.3, -0.25) is 0 Å². The van der Waals surface area contributed by atoms with Gasteiger partial charge in [0.1, 0.15) is 12.1 Å². The van der Waals surface area contributed by atoms with Crippen LogP contribution in [0.2, 0.25) is 0 Å². The van der Waals surface area contributed by atoms with Crippen LogP contribution in [0.5, 0.6) is 11.6 Å². The summed E-state index contributed by atoms with van der Waals surface area (Å²) in [5.41, 5.74) is 9.88. The first-order valence-electron chi connectivity index (χ1n) is 6.43. The molecule has 2 rings (SSSR count). The van der Waals surface area contributed by atoms with Crippen molar-refractivity contribution in [1.29, 1.82) is 0 Å². The lowest BCUT2D eigenvalue weighted by Crippen LogP contribution is -2.00. The summed E-state index contributed by atoms with van der Waals surface area (Å²) in [7, 11) is 0. The van der Waals surface area contributed by atoms with Gasteiger partial charge in [-0.25, -0.2) is 9.97 Å². The lowest BCUT2D eigenvalue weighted by atomic mass is 10.1. The summed E-state index contributed by atoms with van der Waals surface area (Å²) in [4.78, 5) is 8.31. The van der Waals surface area contributed by atoms with Crippen LogP contribution in [0, 0.1) is 13.8 Å². The van der Waals surface area contributed by atoms with E-state index in [1.807, 2.05) is 32.0 Å². The molecule has 0 amide bonds. The summed E-state index contributed by atoms with van der Waals surface area (Å²) in [6, 6.07) is 5.96. The van der Waals surface area contributed by atoms with Gasteiger partial charge in [-0.1, -0.05) is 19.1 Å². The molecule has 1 aromatic heterocycles. The number of aryl methyl sites for hydroxylation is 3. The highest BCUT2D eigenvalue weighted by Crippen LogP contribution is 2.28. The van der Waals surface area contributed by atoms with Crippen molar-refractivity contribution in [2.45, 2.75) is 33.7 Å². The zero-order valence-corrected chi connectivity index (χ0v) is 11.6. The first kappa shape index (κ1) is 13.5. The number of aromatic nitrogens is 2. The topological polar surface area (TPSA) is 61.0 Å². The monoisotopic (exact) mass is 257 g/mol. The van der Waals surface area contributed by atoms with Crippen molar-refractivity contribution in [2.24, 2.45) is 5.73 Å². The van der Waals surface area contributed by atoms with E-state index in [0.717, 1.165) is 34.6 Å². The summed E-state index contributed by atoms with van der Waals surface area (Å²) in [6.07, 6.45) is 2.40. The van der Waals surface area contributed by atoms with E-state index in [4.69, 9.17) is 10.5 Å². The molecule has 1 heterocycles. The predicted molar refractivity (Wildman–Crippen MR) is 75.3 cm³/mol. The Balaban J connectivity index is 2.32. The summed E-state index contributed by atoms with van der Waals surface area (Å²) < 4.78 is 5.89. The van der Waals surface area contributed by atoms with E-state index in [9.17, 15) is 0 Å². The Kier molecular flexibility index (Phi) is 4.12. The maximum atomic E-state index is 5.89. The number of rotatable bonds is 4. The van der Waals surface area contributed by atoms with E-state index >= 15 is 0 Å². The van der Waals surface area contributed by atoms with E-state index < -0.39 is 0 Å². The van der Waals surface area contributed by atoms with E-state index in [1.165, 1.54) is 6.33 Å². The van der Waals surface area contributed by atoms with Crippen molar-refractivity contribution in [3.8, 4) is 11.6 Å². The number of hydrogen-bond acceptors (Lipinski definition) is 4. The van der Waals surface area contributed by atoms with Gasteiger partial charge in [0.15, 0.2) is 0 Å².